The molecule has 0 spiro atoms. The average Bonchev–Trinajstić information content (AvgIpc) is 2.90. The van der Waals surface area contributed by atoms with Crippen molar-refractivity contribution in [3.8, 4) is 0 Å². The Kier molecular flexibility index (Phi) is 10.9. The fraction of sp³-hybridized carbons (Fsp3) is 0.333. The minimum absolute atomic E-state index is 0.121. The molecular formula is C30H36F2N6O4. The second kappa shape index (κ2) is 14.4. The molecule has 3 rings (SSSR count). The zero-order valence-corrected chi connectivity index (χ0v) is 24.3. The van der Waals surface area contributed by atoms with E-state index in [1.807, 2.05) is 19.0 Å². The molecule has 1 aromatic heterocycles. The molecule has 3 N–H and O–H groups in total. The predicted octanol–water partition coefficient (Wildman–Crippen LogP) is 5.94. The first-order valence-corrected chi connectivity index (χ1v) is 13.3. The number of ether oxygens (including phenoxy) is 1. The summed E-state index contributed by atoms with van der Waals surface area (Å²) in [6, 6.07) is 12.5. The van der Waals surface area contributed by atoms with Gasteiger partial charge in [-0.05, 0) is 83.7 Å². The van der Waals surface area contributed by atoms with Crippen molar-refractivity contribution in [3.05, 3.63) is 83.7 Å². The molecule has 0 fully saturated rings. The summed E-state index contributed by atoms with van der Waals surface area (Å²) in [5.74, 6) is -2.57. The van der Waals surface area contributed by atoms with E-state index in [0.717, 1.165) is 18.7 Å². The molecule has 42 heavy (non-hydrogen) atoms. The molecule has 4 amide bonds. The van der Waals surface area contributed by atoms with Crippen LogP contribution in [-0.2, 0) is 11.3 Å². The Bertz CT molecular complexity index is 1390. The first kappa shape index (κ1) is 31.9. The number of carbonyl (C=O) groups is 3. The Morgan fingerprint density at radius 1 is 0.881 bits per heavy atom. The van der Waals surface area contributed by atoms with Crippen LogP contribution < -0.4 is 16.0 Å². The minimum atomic E-state index is -1.06. The van der Waals surface area contributed by atoms with Crippen LogP contribution in [0.3, 0.4) is 0 Å². The van der Waals surface area contributed by atoms with Crippen molar-refractivity contribution in [2.24, 2.45) is 0 Å². The number of nitrogens with one attached hydrogen (secondary N) is 3. The van der Waals surface area contributed by atoms with Gasteiger partial charge in [0.15, 0.2) is 11.6 Å². The number of rotatable bonds is 10. The van der Waals surface area contributed by atoms with Crippen LogP contribution in [0.2, 0.25) is 0 Å². The molecule has 10 nitrogen and oxygen atoms in total. The number of amides is 4. The zero-order chi connectivity index (χ0) is 30.9. The van der Waals surface area contributed by atoms with Gasteiger partial charge in [0.05, 0.1) is 11.4 Å². The van der Waals surface area contributed by atoms with Gasteiger partial charge in [-0.25, -0.2) is 18.4 Å². The van der Waals surface area contributed by atoms with Crippen molar-refractivity contribution in [2.75, 3.05) is 43.1 Å². The van der Waals surface area contributed by atoms with Crippen LogP contribution in [0.15, 0.2) is 60.8 Å². The molecule has 1 heterocycles. The standard InChI is InChI=1S/C30H36F2N6O4/c1-30(2,3)42-29(41)36-25-10-7-6-9-24(25)35-27(39)26-14-11-20(18-33-26)19-38(16-8-15-37(4)5)28(40)34-21-12-13-22(31)23(32)17-21/h6-7,9-14,17-18H,8,15-16,19H2,1-5H3,(H,34,40)(H,35,39)(H,36,41). The van der Waals surface area contributed by atoms with Crippen LogP contribution in [0.1, 0.15) is 43.2 Å². The quantitative estimate of drug-likeness (QED) is 0.272. The molecule has 0 unspecified atom stereocenters. The van der Waals surface area contributed by atoms with E-state index in [1.165, 1.54) is 23.2 Å². The lowest BCUT2D eigenvalue weighted by Gasteiger charge is -2.24. The number of aromatic nitrogens is 1. The highest BCUT2D eigenvalue weighted by atomic mass is 19.2. The van der Waals surface area contributed by atoms with E-state index in [0.29, 0.717) is 29.9 Å². The lowest BCUT2D eigenvalue weighted by Crippen LogP contribution is -2.36. The highest BCUT2D eigenvalue weighted by Crippen LogP contribution is 2.23. The van der Waals surface area contributed by atoms with Gasteiger partial charge < -0.3 is 25.2 Å². The van der Waals surface area contributed by atoms with Gasteiger partial charge in [-0.2, -0.15) is 0 Å². The lowest BCUT2D eigenvalue weighted by molar-refractivity contribution is 0.0635. The fourth-order valence-corrected chi connectivity index (χ4v) is 3.78. The van der Waals surface area contributed by atoms with Gasteiger partial charge in [0.1, 0.15) is 11.3 Å². The van der Waals surface area contributed by atoms with Crippen LogP contribution in [-0.4, -0.2) is 65.6 Å². The molecule has 0 bridgehead atoms. The zero-order valence-electron chi connectivity index (χ0n) is 24.3. The molecular weight excluding hydrogens is 546 g/mol. The second-order valence-electron chi connectivity index (χ2n) is 10.8. The first-order chi connectivity index (χ1) is 19.8. The molecule has 2 aromatic carbocycles. The smallest absolute Gasteiger partial charge is 0.412 e. The van der Waals surface area contributed by atoms with Crippen molar-refractivity contribution in [2.45, 2.75) is 39.3 Å². The predicted molar refractivity (Wildman–Crippen MR) is 157 cm³/mol. The maximum atomic E-state index is 13.6. The Morgan fingerprint density at radius 2 is 1.57 bits per heavy atom. The summed E-state index contributed by atoms with van der Waals surface area (Å²) in [5.41, 5.74) is 0.940. The highest BCUT2D eigenvalue weighted by molar-refractivity contribution is 6.05. The molecule has 0 radical (unpaired) electrons. The fourth-order valence-electron chi connectivity index (χ4n) is 3.78. The van der Waals surface area contributed by atoms with Crippen molar-refractivity contribution in [1.29, 1.82) is 0 Å². The SMILES string of the molecule is CN(C)CCCN(Cc1ccc(C(=O)Nc2ccccc2NC(=O)OC(C)(C)C)nc1)C(=O)Nc1ccc(F)c(F)c1. The largest absolute Gasteiger partial charge is 0.444 e. The van der Waals surface area contributed by atoms with Gasteiger partial charge in [0, 0.05) is 31.0 Å². The Balaban J connectivity index is 1.68. The number of anilines is 3. The van der Waals surface area contributed by atoms with Crippen LogP contribution in [0.5, 0.6) is 0 Å². The van der Waals surface area contributed by atoms with E-state index < -0.39 is 35.3 Å². The summed E-state index contributed by atoms with van der Waals surface area (Å²) in [5, 5.41) is 7.97. The van der Waals surface area contributed by atoms with Crippen molar-refractivity contribution in [1.82, 2.24) is 14.8 Å². The van der Waals surface area contributed by atoms with Gasteiger partial charge in [-0.3, -0.25) is 15.1 Å². The number of carbonyl (C=O) groups excluding carboxylic acids is 3. The second-order valence-corrected chi connectivity index (χ2v) is 10.8. The van der Waals surface area contributed by atoms with E-state index >= 15 is 0 Å². The number of benzene rings is 2. The number of hydrogen-bond acceptors (Lipinski definition) is 6. The van der Waals surface area contributed by atoms with Crippen molar-refractivity contribution in [3.63, 3.8) is 0 Å². The van der Waals surface area contributed by atoms with E-state index in [2.05, 4.69) is 20.9 Å². The first-order valence-electron chi connectivity index (χ1n) is 13.3. The average molecular weight is 583 g/mol. The molecule has 0 saturated heterocycles. The number of para-hydroxylation sites is 2. The number of nitrogens with zero attached hydrogens (tertiary/aromatic N) is 3. The van der Waals surface area contributed by atoms with Crippen LogP contribution in [0.25, 0.3) is 0 Å². The summed E-state index contributed by atoms with van der Waals surface area (Å²) in [6.07, 6.45) is 1.50. The van der Waals surface area contributed by atoms with Gasteiger partial charge in [-0.1, -0.05) is 18.2 Å². The van der Waals surface area contributed by atoms with Crippen LogP contribution >= 0.6 is 0 Å². The number of hydrogen-bond donors (Lipinski definition) is 3. The van der Waals surface area contributed by atoms with E-state index in [9.17, 15) is 23.2 Å². The van der Waals surface area contributed by atoms with Gasteiger partial charge in [0.2, 0.25) is 0 Å². The molecule has 0 aliphatic heterocycles. The van der Waals surface area contributed by atoms with Gasteiger partial charge >= 0.3 is 12.1 Å². The Hall–Kier alpha value is -4.58. The van der Waals surface area contributed by atoms with E-state index in [4.69, 9.17) is 4.74 Å². The van der Waals surface area contributed by atoms with Crippen LogP contribution in [0.4, 0.5) is 35.4 Å². The summed E-state index contributed by atoms with van der Waals surface area (Å²) >= 11 is 0. The molecule has 0 aliphatic carbocycles. The summed E-state index contributed by atoms with van der Waals surface area (Å²) < 4.78 is 32.2. The molecule has 0 atom stereocenters. The lowest BCUT2D eigenvalue weighted by atomic mass is 10.2. The third-order valence-electron chi connectivity index (χ3n) is 5.73. The molecule has 12 heteroatoms. The maximum absolute atomic E-state index is 13.6. The van der Waals surface area contributed by atoms with Gasteiger partial charge in [-0.15, -0.1) is 0 Å². The molecule has 3 aromatic rings. The summed E-state index contributed by atoms with van der Waals surface area (Å²) in [6.45, 7) is 6.53. The van der Waals surface area contributed by atoms with Gasteiger partial charge in [0.25, 0.3) is 5.91 Å². The van der Waals surface area contributed by atoms with Crippen molar-refractivity contribution >= 4 is 35.1 Å². The minimum Gasteiger partial charge on any atom is -0.444 e. The Labute approximate surface area is 244 Å². The molecule has 0 aliphatic rings. The van der Waals surface area contributed by atoms with Crippen molar-refractivity contribution < 1.29 is 27.9 Å². The number of halogens is 2. The Morgan fingerprint density at radius 3 is 2.17 bits per heavy atom. The maximum Gasteiger partial charge on any atom is 0.412 e. The van der Waals surface area contributed by atoms with E-state index in [-0.39, 0.29) is 17.9 Å². The third-order valence-corrected chi connectivity index (χ3v) is 5.73. The topological polar surface area (TPSA) is 116 Å². The normalized spacial score (nSPS) is 11.1. The summed E-state index contributed by atoms with van der Waals surface area (Å²) in [7, 11) is 3.84. The number of pyridine rings is 1. The highest BCUT2D eigenvalue weighted by Gasteiger charge is 2.19. The monoisotopic (exact) mass is 582 g/mol. The summed E-state index contributed by atoms with van der Waals surface area (Å²) in [4.78, 5) is 45.9. The molecule has 0 saturated carbocycles. The third kappa shape index (κ3) is 10.1. The number of urea groups is 1. The van der Waals surface area contributed by atoms with E-state index in [1.54, 1.807) is 51.1 Å². The van der Waals surface area contributed by atoms with Crippen LogP contribution in [0, 0.1) is 11.6 Å². The molecule has 224 valence electrons.